The number of hydrogen-bond acceptors (Lipinski definition) is 19. The smallest absolute Gasteiger partial charge is 0.322 e. The van der Waals surface area contributed by atoms with Crippen molar-refractivity contribution < 1.29 is 67.1 Å². The molecule has 2 saturated heterocycles. The zero-order chi connectivity index (χ0) is 83.3. The summed E-state index contributed by atoms with van der Waals surface area (Å²) in [5, 5.41) is 46.6. The number of rotatable bonds is 24. The molecule has 2 aliphatic heterocycles. The molecule has 10 rings (SSSR count). The Kier molecular flexibility index (Phi) is 31.3. The van der Waals surface area contributed by atoms with Gasteiger partial charge in [-0.3, -0.25) is 63.5 Å². The van der Waals surface area contributed by atoms with Gasteiger partial charge in [0, 0.05) is 111 Å². The minimum atomic E-state index is -1.97. The first-order valence-electron chi connectivity index (χ1n) is 37.6. The van der Waals surface area contributed by atoms with Gasteiger partial charge < -0.3 is 112 Å². The number of fused-ring (bicyclic) bond motifs is 6. The van der Waals surface area contributed by atoms with Crippen LogP contribution in [0.15, 0.2) is 147 Å². The maximum atomic E-state index is 15.8. The van der Waals surface area contributed by atoms with Gasteiger partial charge in [0.1, 0.15) is 60.4 Å². The Labute approximate surface area is 677 Å². The third-order valence-corrected chi connectivity index (χ3v) is 21.6. The number of guanidine groups is 1. The van der Waals surface area contributed by atoms with Crippen molar-refractivity contribution in [1.82, 2.24) is 110 Å². The first kappa shape index (κ1) is 85.9. The standard InChI is InChI=1S/C76H93N25O14S2/c77-73(78)83-25-11-22-53-63(104)97-58(32-45-36-81-39-88-45)67(108)93-54(28-41-14-3-1-4-15-41)64(105)91-52(24-13-27-85-75(80)114)62(103)96-57(31-44-35-87-50-21-10-8-19-48(44)50)69(110)100-72-71(112)101-76(115)99-59(33-46-37-82-40-89-46)68(109)94-55(29-42-16-5-2-6-17-42)65(106)90-51(23-12-26-84-74(79)113)61(102)95-56(30-43-34-86-49-20-9-7-18-47(43)49)66(107)98-60(38-116-117-72)70(111)92-53/h1-10,14-21,34-37,39-40,51-60,72,86-87H,11-13,22-33,38H2,(H,81,88)(H,82,89)(H,90,106)(H,91,105)(H,92,111)(H,93,108)(H,94,109)(H,95,102)(H,96,103)(H,97,104)(H,98,107)(H,100,110)(H4,77,78,83)(H3,79,84,113)(H3,80,85,114)(H2,99,101,112,115)/t51-,52-,53-,54+,55+,56-,57-,58-,59-,60-,72?/m0/s1. The fourth-order valence-electron chi connectivity index (χ4n) is 13.1. The lowest BCUT2D eigenvalue weighted by molar-refractivity contribution is -0.136. The Bertz CT molecular complexity index is 4820. The molecule has 2 bridgehead atoms. The number of aromatic amines is 4. The van der Waals surface area contributed by atoms with Gasteiger partial charge in [-0.2, -0.15) is 0 Å². The number of hydrogen-bond donors (Lipinski definition) is 23. The molecule has 41 heteroatoms. The highest BCUT2D eigenvalue weighted by Crippen LogP contribution is 2.29. The van der Waals surface area contributed by atoms with Crippen LogP contribution in [0, 0.1) is 5.41 Å². The number of primary amides is 2. The van der Waals surface area contributed by atoms with Crippen molar-refractivity contribution in [2.75, 3.05) is 25.4 Å². The number of nitrogens with zero attached hydrogens (tertiary/aromatic N) is 2. The second-order valence-electron chi connectivity index (χ2n) is 27.7. The molecule has 39 nitrogen and oxygen atoms in total. The second-order valence-corrected chi connectivity index (χ2v) is 30.2. The number of nitrogens with one attached hydrogen (secondary N) is 20. The van der Waals surface area contributed by atoms with Gasteiger partial charge in [0.25, 0.3) is 5.91 Å². The van der Waals surface area contributed by atoms with Crippen LogP contribution in [0.4, 0.5) is 14.4 Å². The van der Waals surface area contributed by atoms with E-state index in [4.69, 9.17) is 22.6 Å². The van der Waals surface area contributed by atoms with E-state index in [9.17, 15) is 14.4 Å². The minimum Gasteiger partial charge on any atom is -0.370 e. The van der Waals surface area contributed by atoms with Crippen LogP contribution in [0.5, 0.6) is 0 Å². The van der Waals surface area contributed by atoms with Gasteiger partial charge in [0.15, 0.2) is 11.3 Å². The normalized spacial score (nSPS) is 22.2. The van der Waals surface area contributed by atoms with E-state index in [-0.39, 0.29) is 108 Å². The molecule has 618 valence electrons. The predicted molar refractivity (Wildman–Crippen MR) is 431 cm³/mol. The summed E-state index contributed by atoms with van der Waals surface area (Å²) in [5.41, 5.74) is 20.2. The van der Waals surface area contributed by atoms with Gasteiger partial charge >= 0.3 is 18.1 Å². The summed E-state index contributed by atoms with van der Waals surface area (Å²) >= 11 is 0. The monoisotopic (exact) mass is 1640 g/mol. The van der Waals surface area contributed by atoms with Crippen molar-refractivity contribution in [2.24, 2.45) is 17.2 Å². The van der Waals surface area contributed by atoms with Gasteiger partial charge in [-0.15, -0.1) is 0 Å². The molecule has 4 aromatic heterocycles. The molecule has 1 unspecified atom stereocenters. The zero-order valence-corrected chi connectivity index (χ0v) is 64.8. The third kappa shape index (κ3) is 26.0. The number of carbonyl (C=O) groups is 14. The quantitative estimate of drug-likeness (QED) is 0.0140. The van der Waals surface area contributed by atoms with Crippen LogP contribution < -0.4 is 97.0 Å². The van der Waals surface area contributed by atoms with Crippen LogP contribution in [0.25, 0.3) is 21.8 Å². The maximum Gasteiger partial charge on any atom is 0.322 e. The Hall–Kier alpha value is -13.5. The highest BCUT2D eigenvalue weighted by atomic mass is 33.1. The van der Waals surface area contributed by atoms with Gasteiger partial charge in [0.2, 0.25) is 59.1 Å². The van der Waals surface area contributed by atoms with Crippen molar-refractivity contribution >= 4 is 132 Å². The minimum absolute atomic E-state index is 0.0101. The van der Waals surface area contributed by atoms with Crippen LogP contribution in [-0.2, 0) is 91.3 Å². The lowest BCUT2D eigenvalue weighted by atomic mass is 10.0. The van der Waals surface area contributed by atoms with Gasteiger partial charge in [-0.25, -0.2) is 24.4 Å². The Morgan fingerprint density at radius 1 is 0.393 bits per heavy atom. The number of imidazole rings is 2. The maximum absolute atomic E-state index is 15.8. The van der Waals surface area contributed by atoms with Crippen LogP contribution in [0.3, 0.4) is 0 Å². The zero-order valence-electron chi connectivity index (χ0n) is 63.2. The molecular weight excluding hydrogens is 1550 g/mol. The Morgan fingerprint density at radius 2 is 0.752 bits per heavy atom. The number of amides is 17. The molecular formula is C76H93N25O14S2. The molecule has 0 radical (unpaired) electrons. The molecule has 117 heavy (non-hydrogen) atoms. The Morgan fingerprint density at radius 3 is 1.17 bits per heavy atom. The van der Waals surface area contributed by atoms with Crippen molar-refractivity contribution in [2.45, 2.75) is 143 Å². The number of nitrogens with two attached hydrogens (primary N) is 3. The van der Waals surface area contributed by atoms with E-state index in [1.165, 1.54) is 25.0 Å². The number of aromatic nitrogens is 6. The molecule has 6 heterocycles. The fourth-order valence-corrected chi connectivity index (χ4v) is 15.5. The number of carbonyl (C=O) groups excluding carboxylic acids is 14. The molecule has 26 N–H and O–H groups in total. The van der Waals surface area contributed by atoms with Crippen molar-refractivity contribution in [1.29, 1.82) is 5.41 Å². The summed E-state index contributed by atoms with van der Waals surface area (Å²) in [5.74, 6) is -12.5. The van der Waals surface area contributed by atoms with Crippen LogP contribution in [0.2, 0.25) is 0 Å². The number of urea groups is 3. The van der Waals surface area contributed by atoms with E-state index in [1.54, 1.807) is 122 Å². The van der Waals surface area contributed by atoms with E-state index < -0.39 is 161 Å². The van der Waals surface area contributed by atoms with Crippen molar-refractivity contribution in [3.63, 3.8) is 0 Å². The molecule has 0 aliphatic carbocycles. The number of benzene rings is 4. The van der Waals surface area contributed by atoms with Crippen molar-refractivity contribution in [3.8, 4) is 0 Å². The summed E-state index contributed by atoms with van der Waals surface area (Å²) < 4.78 is 0. The molecule has 8 aromatic rings. The fraction of sp³-hybridized carbons (Fsp3) is 0.355. The van der Waals surface area contributed by atoms with E-state index in [0.717, 1.165) is 0 Å². The first-order chi connectivity index (χ1) is 56.4. The SMILES string of the molecule is N=C(N)NCCC[C@@H]1NC(=O)[C@@H]2CSSC(NC(=O)[C@H](Cc3c[nH]c4ccccc34)NC(=O)[C@H](CCCNC(N)=O)NC(=O)[C@@H](Cc3ccccc3)NC(=O)[C@H](Cc3c[nH]cn3)NC1=O)C(=O)NC(=O)N[C@@H](Cc1c[nH]cn1)C(=O)N[C@H](Cc1ccccc1)C(=O)N[C@@H](CCCNC(N)=O)C(=O)N[C@@H](Cc1c[nH]c3ccccc13)C(=O)N2. The van der Waals surface area contributed by atoms with E-state index >= 15 is 52.7 Å². The summed E-state index contributed by atoms with van der Waals surface area (Å²) in [7, 11) is 1.18. The van der Waals surface area contributed by atoms with Gasteiger partial charge in [0.05, 0.1) is 24.0 Å². The average Bonchev–Trinajstić information content (AvgIpc) is 1.69. The third-order valence-electron chi connectivity index (χ3n) is 19.1. The molecule has 0 saturated carbocycles. The topological polar surface area (TPSA) is 610 Å². The molecule has 11 atom stereocenters. The highest BCUT2D eigenvalue weighted by Gasteiger charge is 2.39. The summed E-state index contributed by atoms with van der Waals surface area (Å²) in [6.45, 7) is -0.273. The molecule has 0 spiro atoms. The van der Waals surface area contributed by atoms with Crippen molar-refractivity contribution in [3.05, 3.63) is 180 Å². The van der Waals surface area contributed by atoms with Gasteiger partial charge in [-0.05, 0) is 72.9 Å². The average molecular weight is 1640 g/mol. The predicted octanol–water partition coefficient (Wildman–Crippen LogP) is -1.58. The molecule has 2 aliphatic rings. The molecule has 2 fully saturated rings. The van der Waals surface area contributed by atoms with E-state index in [0.29, 0.717) is 65.6 Å². The summed E-state index contributed by atoms with van der Waals surface area (Å²) in [4.78, 5) is 228. The molecule has 4 aromatic carbocycles. The second kappa shape index (κ2) is 42.6. The summed E-state index contributed by atoms with van der Waals surface area (Å²) in [6.07, 6.45) is 5.98. The highest BCUT2D eigenvalue weighted by molar-refractivity contribution is 8.77. The summed E-state index contributed by atoms with van der Waals surface area (Å²) in [6, 6.07) is 11.2. The first-order valence-corrected chi connectivity index (χ1v) is 40.0. The van der Waals surface area contributed by atoms with E-state index in [2.05, 4.69) is 110 Å². The number of H-pyrrole nitrogens is 4. The van der Waals surface area contributed by atoms with Gasteiger partial charge in [-0.1, -0.05) is 119 Å². The van der Waals surface area contributed by atoms with Crippen LogP contribution >= 0.6 is 21.6 Å². The lowest BCUT2D eigenvalue weighted by Crippen LogP contribution is -2.61. The lowest BCUT2D eigenvalue weighted by Gasteiger charge is -2.29. The molecule has 17 amide bonds. The van der Waals surface area contributed by atoms with Crippen LogP contribution in [-0.4, -0.2) is 210 Å². The number of para-hydroxylation sites is 2. The van der Waals surface area contributed by atoms with Crippen LogP contribution in [0.1, 0.15) is 72.2 Å². The Balaban J connectivity index is 1.12. The van der Waals surface area contributed by atoms with E-state index in [1.807, 2.05) is 0 Å². The number of imide groups is 1. The largest absolute Gasteiger partial charge is 0.370 e.